The molecule has 0 aliphatic carbocycles. The van der Waals surface area contributed by atoms with Gasteiger partial charge >= 0.3 is 0 Å². The van der Waals surface area contributed by atoms with Crippen LogP contribution in [0, 0.1) is 0 Å². The number of imidazole rings is 1. The summed E-state index contributed by atoms with van der Waals surface area (Å²) in [5, 5.41) is 42.6. The third kappa shape index (κ3) is 3.80. The summed E-state index contributed by atoms with van der Waals surface area (Å²) in [6.07, 6.45) is -0.898. The van der Waals surface area contributed by atoms with Gasteiger partial charge < -0.3 is 30.5 Å². The number of fused-ring (bicyclic) bond motifs is 1. The van der Waals surface area contributed by atoms with E-state index in [1.54, 1.807) is 0 Å². The number of aliphatic hydroxyl groups excluding tert-OH is 4. The van der Waals surface area contributed by atoms with Crippen LogP contribution in [-0.2, 0) is 11.2 Å². The molecular formula is C19H23N5O5. The second-order valence-electron chi connectivity index (χ2n) is 6.99. The molecule has 5 atom stereocenters. The number of nitrogens with zero attached hydrogens (tertiary/aromatic N) is 4. The van der Waals surface area contributed by atoms with Crippen LogP contribution in [0.25, 0.3) is 11.2 Å². The van der Waals surface area contributed by atoms with Crippen molar-refractivity contribution < 1.29 is 25.2 Å². The van der Waals surface area contributed by atoms with Crippen LogP contribution >= 0.6 is 0 Å². The molecule has 1 unspecified atom stereocenters. The Balaban J connectivity index is 1.59. The van der Waals surface area contributed by atoms with E-state index in [2.05, 4.69) is 20.3 Å². The molecule has 1 saturated heterocycles. The maximum atomic E-state index is 10.3. The molecule has 1 aliphatic heterocycles. The highest BCUT2D eigenvalue weighted by molar-refractivity contribution is 5.82. The molecule has 0 radical (unpaired) electrons. The molecule has 0 bridgehead atoms. The van der Waals surface area contributed by atoms with Crippen molar-refractivity contribution in [2.24, 2.45) is 0 Å². The smallest absolute Gasteiger partial charge is 0.167 e. The second kappa shape index (κ2) is 8.39. The van der Waals surface area contributed by atoms with Gasteiger partial charge in [-0.05, 0) is 12.0 Å². The average molecular weight is 401 g/mol. The third-order valence-electron chi connectivity index (χ3n) is 5.04. The number of anilines is 1. The van der Waals surface area contributed by atoms with Gasteiger partial charge in [-0.3, -0.25) is 4.57 Å². The molecule has 0 amide bonds. The van der Waals surface area contributed by atoms with Crippen LogP contribution in [0.2, 0.25) is 0 Å². The van der Waals surface area contributed by atoms with Gasteiger partial charge in [-0.25, -0.2) is 15.0 Å². The maximum absolute atomic E-state index is 10.3. The Kier molecular flexibility index (Phi) is 5.69. The number of hydrogen-bond acceptors (Lipinski definition) is 9. The normalized spacial score (nSPS) is 25.4. The molecule has 154 valence electrons. The lowest BCUT2D eigenvalue weighted by Gasteiger charge is -2.18. The van der Waals surface area contributed by atoms with E-state index in [0.29, 0.717) is 23.4 Å². The number of ether oxygens (including phenoxy) is 1. The van der Waals surface area contributed by atoms with Gasteiger partial charge in [0.1, 0.15) is 24.6 Å². The van der Waals surface area contributed by atoms with Crippen molar-refractivity contribution in [3.63, 3.8) is 0 Å². The SMILES string of the molecule is OCC(Cc1ccccc1)Nc1ncnc2c1ncn2[C@H]1O[C@H](CO)[C@@H](O)[C@H]1O. The van der Waals surface area contributed by atoms with Crippen LogP contribution < -0.4 is 5.32 Å². The van der Waals surface area contributed by atoms with E-state index in [-0.39, 0.29) is 12.6 Å². The summed E-state index contributed by atoms with van der Waals surface area (Å²) in [7, 11) is 0. The van der Waals surface area contributed by atoms with Gasteiger partial charge in [0.15, 0.2) is 23.2 Å². The minimum atomic E-state index is -1.24. The molecule has 3 aromatic rings. The summed E-state index contributed by atoms with van der Waals surface area (Å²) in [6.45, 7) is -0.517. The summed E-state index contributed by atoms with van der Waals surface area (Å²) >= 11 is 0. The number of benzene rings is 1. The Morgan fingerprint density at radius 1 is 1.07 bits per heavy atom. The fourth-order valence-corrected chi connectivity index (χ4v) is 3.51. The van der Waals surface area contributed by atoms with E-state index in [1.807, 2.05) is 30.3 Å². The van der Waals surface area contributed by atoms with Crippen molar-refractivity contribution >= 4 is 17.0 Å². The van der Waals surface area contributed by atoms with E-state index in [4.69, 9.17) is 4.74 Å². The molecule has 10 heteroatoms. The van der Waals surface area contributed by atoms with Crippen molar-refractivity contribution in [1.82, 2.24) is 19.5 Å². The summed E-state index contributed by atoms with van der Waals surface area (Å²) in [6, 6.07) is 9.50. The first-order chi connectivity index (χ1) is 14.1. The summed E-state index contributed by atoms with van der Waals surface area (Å²) in [5.41, 5.74) is 1.91. The molecule has 29 heavy (non-hydrogen) atoms. The summed E-state index contributed by atoms with van der Waals surface area (Å²) in [5.74, 6) is 0.440. The highest BCUT2D eigenvalue weighted by Crippen LogP contribution is 2.32. The Labute approximate surface area is 166 Å². The number of nitrogens with one attached hydrogen (secondary N) is 1. The van der Waals surface area contributed by atoms with Crippen LogP contribution in [0.3, 0.4) is 0 Å². The van der Waals surface area contributed by atoms with Crippen LogP contribution in [0.15, 0.2) is 43.0 Å². The number of rotatable bonds is 7. The van der Waals surface area contributed by atoms with Gasteiger partial charge in [-0.15, -0.1) is 0 Å². The van der Waals surface area contributed by atoms with Crippen LogP contribution in [-0.4, -0.2) is 77.5 Å². The first-order valence-electron chi connectivity index (χ1n) is 9.33. The second-order valence-corrected chi connectivity index (χ2v) is 6.99. The zero-order valence-electron chi connectivity index (χ0n) is 15.5. The fourth-order valence-electron chi connectivity index (χ4n) is 3.51. The molecule has 5 N–H and O–H groups in total. The quantitative estimate of drug-likeness (QED) is 0.352. The Bertz CT molecular complexity index is 953. The molecule has 1 aliphatic rings. The first-order valence-corrected chi connectivity index (χ1v) is 9.33. The van der Waals surface area contributed by atoms with E-state index in [1.165, 1.54) is 17.2 Å². The molecule has 2 aromatic heterocycles. The van der Waals surface area contributed by atoms with Gasteiger partial charge in [0.25, 0.3) is 0 Å². The van der Waals surface area contributed by atoms with Gasteiger partial charge in [0.05, 0.1) is 25.6 Å². The van der Waals surface area contributed by atoms with Crippen molar-refractivity contribution in [2.45, 2.75) is 37.0 Å². The van der Waals surface area contributed by atoms with Crippen LogP contribution in [0.4, 0.5) is 5.82 Å². The standard InChI is InChI=1S/C19H23N5O5/c25-7-12(6-11-4-2-1-3-5-11)23-17-14-18(21-9-20-17)24(10-22-14)19-16(28)15(27)13(8-26)29-19/h1-5,9-10,12-13,15-16,19,25-28H,6-8H2,(H,20,21,23)/t12?,13-,15-,16-,19+/m1/s1. The molecular weight excluding hydrogens is 378 g/mol. The Morgan fingerprint density at radius 2 is 1.86 bits per heavy atom. The molecule has 3 heterocycles. The zero-order chi connectivity index (χ0) is 20.4. The van der Waals surface area contributed by atoms with Crippen LogP contribution in [0.5, 0.6) is 0 Å². The number of aliphatic hydroxyl groups is 4. The largest absolute Gasteiger partial charge is 0.394 e. The molecule has 0 spiro atoms. The van der Waals surface area contributed by atoms with Gasteiger partial charge in [0, 0.05) is 0 Å². The summed E-state index contributed by atoms with van der Waals surface area (Å²) in [4.78, 5) is 12.8. The topological polar surface area (TPSA) is 146 Å². The lowest BCUT2D eigenvalue weighted by atomic mass is 10.1. The fraction of sp³-hybridized carbons (Fsp3) is 0.421. The molecule has 4 rings (SSSR count). The monoisotopic (exact) mass is 401 g/mol. The third-order valence-corrected chi connectivity index (χ3v) is 5.04. The zero-order valence-corrected chi connectivity index (χ0v) is 15.5. The van der Waals surface area contributed by atoms with Crippen molar-refractivity contribution in [2.75, 3.05) is 18.5 Å². The lowest BCUT2D eigenvalue weighted by molar-refractivity contribution is -0.0511. The van der Waals surface area contributed by atoms with Gasteiger partial charge in [0.2, 0.25) is 0 Å². The minimum Gasteiger partial charge on any atom is -0.394 e. The van der Waals surface area contributed by atoms with Crippen molar-refractivity contribution in [3.8, 4) is 0 Å². The molecule has 1 aromatic carbocycles. The Morgan fingerprint density at radius 3 is 2.55 bits per heavy atom. The average Bonchev–Trinajstić information content (AvgIpc) is 3.30. The van der Waals surface area contributed by atoms with Crippen molar-refractivity contribution in [3.05, 3.63) is 48.5 Å². The first kappa shape index (κ1) is 19.7. The maximum Gasteiger partial charge on any atom is 0.167 e. The molecule has 10 nitrogen and oxygen atoms in total. The Hall–Kier alpha value is -2.63. The van der Waals surface area contributed by atoms with Gasteiger partial charge in [-0.1, -0.05) is 30.3 Å². The highest BCUT2D eigenvalue weighted by Gasteiger charge is 2.44. The summed E-state index contributed by atoms with van der Waals surface area (Å²) < 4.78 is 7.06. The number of hydrogen-bond donors (Lipinski definition) is 5. The predicted octanol–water partition coefficient (Wildman–Crippen LogP) is -0.547. The molecule has 1 fully saturated rings. The number of aromatic nitrogens is 4. The lowest BCUT2D eigenvalue weighted by Crippen LogP contribution is -2.33. The van der Waals surface area contributed by atoms with E-state index in [9.17, 15) is 20.4 Å². The van der Waals surface area contributed by atoms with Crippen molar-refractivity contribution in [1.29, 1.82) is 0 Å². The van der Waals surface area contributed by atoms with E-state index < -0.39 is 31.1 Å². The van der Waals surface area contributed by atoms with E-state index in [0.717, 1.165) is 5.56 Å². The van der Waals surface area contributed by atoms with Gasteiger partial charge in [-0.2, -0.15) is 0 Å². The van der Waals surface area contributed by atoms with E-state index >= 15 is 0 Å². The highest BCUT2D eigenvalue weighted by atomic mass is 16.6. The van der Waals surface area contributed by atoms with Crippen LogP contribution in [0.1, 0.15) is 11.8 Å². The molecule has 0 saturated carbocycles. The predicted molar refractivity (Wildman–Crippen MR) is 103 cm³/mol. The minimum absolute atomic E-state index is 0.101.